The van der Waals surface area contributed by atoms with Crippen LogP contribution in [0, 0.1) is 0 Å². The number of nitrogens with two attached hydrogens (primary N) is 1. The zero-order chi connectivity index (χ0) is 11.4. The van der Waals surface area contributed by atoms with Gasteiger partial charge in [0.2, 0.25) is 0 Å². The van der Waals surface area contributed by atoms with Crippen LogP contribution in [-0.4, -0.2) is 32.0 Å². The van der Waals surface area contributed by atoms with Crippen molar-refractivity contribution >= 4 is 5.97 Å². The molecular formula is C9H15N3O3. The number of hydrogen-bond acceptors (Lipinski definition) is 4. The molecule has 6 heteroatoms. The number of hydrogen-bond donors (Lipinski definition) is 3. The first kappa shape index (κ1) is 11.7. The Balaban J connectivity index is 2.73. The molecular weight excluding hydrogens is 198 g/mol. The third-order valence-corrected chi connectivity index (χ3v) is 2.07. The Kier molecular flexibility index (Phi) is 3.81. The van der Waals surface area contributed by atoms with E-state index in [-0.39, 0.29) is 0 Å². The van der Waals surface area contributed by atoms with Crippen molar-refractivity contribution in [2.45, 2.75) is 32.0 Å². The number of carbonyl (C=O) groups is 1. The lowest BCUT2D eigenvalue weighted by molar-refractivity contribution is -0.141. The molecule has 15 heavy (non-hydrogen) atoms. The van der Waals surface area contributed by atoms with Crippen LogP contribution in [0.4, 0.5) is 0 Å². The van der Waals surface area contributed by atoms with Crippen molar-refractivity contribution in [3.63, 3.8) is 0 Å². The van der Waals surface area contributed by atoms with E-state index in [0.717, 1.165) is 13.0 Å². The van der Waals surface area contributed by atoms with E-state index in [0.29, 0.717) is 5.56 Å². The maximum absolute atomic E-state index is 10.5. The molecule has 1 rings (SSSR count). The first-order valence-electron chi connectivity index (χ1n) is 4.75. The first-order chi connectivity index (χ1) is 7.06. The summed E-state index contributed by atoms with van der Waals surface area (Å²) in [5.41, 5.74) is 5.72. The molecule has 0 saturated heterocycles. The topological polar surface area (TPSA) is 101 Å². The highest BCUT2D eigenvalue weighted by Crippen LogP contribution is 2.14. The van der Waals surface area contributed by atoms with Gasteiger partial charge in [-0.15, -0.1) is 0 Å². The average molecular weight is 213 g/mol. The Morgan fingerprint density at radius 3 is 2.93 bits per heavy atom. The van der Waals surface area contributed by atoms with Crippen molar-refractivity contribution in [3.8, 4) is 0 Å². The van der Waals surface area contributed by atoms with Crippen molar-refractivity contribution in [3.05, 3.63) is 18.0 Å². The summed E-state index contributed by atoms with van der Waals surface area (Å²) in [5.74, 6) is -1.23. The summed E-state index contributed by atoms with van der Waals surface area (Å²) in [7, 11) is 0. The number of carboxylic acid groups (broad SMARTS) is 1. The van der Waals surface area contributed by atoms with E-state index < -0.39 is 18.1 Å². The molecule has 1 heterocycles. The standard InChI is InChI=1S/C9H15N3O3/c1-2-3-12-5-6(4-11-12)8(13)7(10)9(14)15/h4-5,7-8,13H,2-3,10H2,1H3,(H,14,15). The van der Waals surface area contributed by atoms with E-state index in [1.165, 1.54) is 6.20 Å². The zero-order valence-electron chi connectivity index (χ0n) is 8.50. The van der Waals surface area contributed by atoms with Gasteiger partial charge in [-0.2, -0.15) is 5.10 Å². The molecule has 0 radical (unpaired) electrons. The summed E-state index contributed by atoms with van der Waals surface area (Å²) in [6, 6.07) is -1.32. The van der Waals surface area contributed by atoms with Gasteiger partial charge in [-0.1, -0.05) is 6.92 Å². The molecule has 2 unspecified atom stereocenters. The number of aliphatic carboxylic acids is 1. The molecule has 0 aliphatic rings. The van der Waals surface area contributed by atoms with Gasteiger partial charge in [0.1, 0.15) is 12.1 Å². The average Bonchev–Trinajstić information content (AvgIpc) is 2.64. The van der Waals surface area contributed by atoms with Crippen LogP contribution >= 0.6 is 0 Å². The molecule has 0 spiro atoms. The van der Waals surface area contributed by atoms with Crippen molar-refractivity contribution in [1.29, 1.82) is 0 Å². The van der Waals surface area contributed by atoms with E-state index in [1.807, 2.05) is 6.92 Å². The molecule has 4 N–H and O–H groups in total. The van der Waals surface area contributed by atoms with Crippen molar-refractivity contribution in [2.24, 2.45) is 5.73 Å². The van der Waals surface area contributed by atoms with Crippen molar-refractivity contribution < 1.29 is 15.0 Å². The van der Waals surface area contributed by atoms with Crippen LogP contribution < -0.4 is 5.73 Å². The molecule has 0 fully saturated rings. The number of carboxylic acids is 1. The fourth-order valence-corrected chi connectivity index (χ4v) is 1.23. The monoisotopic (exact) mass is 213 g/mol. The summed E-state index contributed by atoms with van der Waals surface area (Å²) in [6.45, 7) is 2.73. The van der Waals surface area contributed by atoms with E-state index in [9.17, 15) is 9.90 Å². The van der Waals surface area contributed by atoms with Gasteiger partial charge in [0.25, 0.3) is 0 Å². The number of aliphatic hydroxyl groups is 1. The summed E-state index contributed by atoms with van der Waals surface area (Å²) in [5, 5.41) is 22.2. The Hall–Kier alpha value is -1.40. The number of aryl methyl sites for hydroxylation is 1. The van der Waals surface area contributed by atoms with Gasteiger partial charge in [0.05, 0.1) is 6.20 Å². The first-order valence-corrected chi connectivity index (χ1v) is 4.75. The van der Waals surface area contributed by atoms with E-state index in [2.05, 4.69) is 5.10 Å². The lowest BCUT2D eigenvalue weighted by Crippen LogP contribution is -2.36. The largest absolute Gasteiger partial charge is 0.480 e. The number of aromatic nitrogens is 2. The Bertz CT molecular complexity index is 337. The molecule has 1 aromatic heterocycles. The number of nitrogens with zero attached hydrogens (tertiary/aromatic N) is 2. The van der Waals surface area contributed by atoms with Gasteiger partial charge in [-0.25, -0.2) is 0 Å². The summed E-state index contributed by atoms with van der Waals surface area (Å²) in [4.78, 5) is 10.5. The van der Waals surface area contributed by atoms with Crippen LogP contribution in [-0.2, 0) is 11.3 Å². The lowest BCUT2D eigenvalue weighted by atomic mass is 10.1. The molecule has 0 aromatic carbocycles. The van der Waals surface area contributed by atoms with E-state index in [1.54, 1.807) is 10.9 Å². The third-order valence-electron chi connectivity index (χ3n) is 2.07. The van der Waals surface area contributed by atoms with E-state index in [4.69, 9.17) is 10.8 Å². The minimum absolute atomic E-state index is 0.429. The fourth-order valence-electron chi connectivity index (χ4n) is 1.23. The van der Waals surface area contributed by atoms with Crippen LogP contribution in [0.25, 0.3) is 0 Å². The highest BCUT2D eigenvalue weighted by molar-refractivity contribution is 5.74. The molecule has 1 aromatic rings. The fraction of sp³-hybridized carbons (Fsp3) is 0.556. The number of aliphatic hydroxyl groups excluding tert-OH is 1. The normalized spacial score (nSPS) is 14.9. The maximum Gasteiger partial charge on any atom is 0.323 e. The van der Waals surface area contributed by atoms with Crippen molar-refractivity contribution in [2.75, 3.05) is 0 Å². The zero-order valence-corrected chi connectivity index (χ0v) is 8.50. The van der Waals surface area contributed by atoms with Gasteiger partial charge in [-0.3, -0.25) is 9.48 Å². The van der Waals surface area contributed by atoms with Crippen LogP contribution in [0.1, 0.15) is 25.0 Å². The molecule has 6 nitrogen and oxygen atoms in total. The van der Waals surface area contributed by atoms with E-state index >= 15 is 0 Å². The number of rotatable bonds is 5. The van der Waals surface area contributed by atoms with Gasteiger partial charge in [0, 0.05) is 18.3 Å². The Morgan fingerprint density at radius 2 is 2.40 bits per heavy atom. The molecule has 0 amide bonds. The van der Waals surface area contributed by atoms with Crippen molar-refractivity contribution in [1.82, 2.24) is 9.78 Å². The predicted octanol–water partition coefficient (Wildman–Crippen LogP) is -0.262. The molecule has 0 bridgehead atoms. The Morgan fingerprint density at radius 1 is 1.73 bits per heavy atom. The molecule has 84 valence electrons. The smallest absolute Gasteiger partial charge is 0.323 e. The molecule has 2 atom stereocenters. The lowest BCUT2D eigenvalue weighted by Gasteiger charge is -2.12. The second-order valence-corrected chi connectivity index (χ2v) is 3.35. The summed E-state index contributed by atoms with van der Waals surface area (Å²) < 4.78 is 1.65. The summed E-state index contributed by atoms with van der Waals surface area (Å²) >= 11 is 0. The summed E-state index contributed by atoms with van der Waals surface area (Å²) in [6.07, 6.45) is 2.75. The quantitative estimate of drug-likeness (QED) is 0.625. The van der Waals surface area contributed by atoms with Crippen LogP contribution in [0.15, 0.2) is 12.4 Å². The minimum atomic E-state index is -1.32. The SMILES string of the molecule is CCCn1cc(C(O)C(N)C(=O)O)cn1. The van der Waals surface area contributed by atoms with Crippen LogP contribution in [0.3, 0.4) is 0 Å². The van der Waals surface area contributed by atoms with Crippen LogP contribution in [0.2, 0.25) is 0 Å². The highest BCUT2D eigenvalue weighted by Gasteiger charge is 2.24. The van der Waals surface area contributed by atoms with Gasteiger partial charge in [-0.05, 0) is 6.42 Å². The predicted molar refractivity (Wildman–Crippen MR) is 53.1 cm³/mol. The second kappa shape index (κ2) is 4.90. The Labute approximate surface area is 87.3 Å². The third kappa shape index (κ3) is 2.77. The highest BCUT2D eigenvalue weighted by atomic mass is 16.4. The van der Waals surface area contributed by atoms with Gasteiger partial charge >= 0.3 is 5.97 Å². The molecule has 0 aliphatic heterocycles. The maximum atomic E-state index is 10.5. The van der Waals surface area contributed by atoms with Crippen LogP contribution in [0.5, 0.6) is 0 Å². The second-order valence-electron chi connectivity index (χ2n) is 3.35. The van der Waals surface area contributed by atoms with Gasteiger partial charge in [0.15, 0.2) is 0 Å². The molecule has 0 aliphatic carbocycles. The molecule has 0 saturated carbocycles. The minimum Gasteiger partial charge on any atom is -0.480 e. The van der Waals surface area contributed by atoms with Gasteiger partial charge < -0.3 is 15.9 Å².